The Hall–Kier alpha value is -1.69. The second-order valence-electron chi connectivity index (χ2n) is 2.68. The van der Waals surface area contributed by atoms with Gasteiger partial charge in [-0.05, 0) is 18.6 Å². The summed E-state index contributed by atoms with van der Waals surface area (Å²) >= 11 is 0. The van der Waals surface area contributed by atoms with E-state index in [0.717, 1.165) is 25.2 Å². The smallest absolute Gasteiger partial charge is 0.149 e. The molecule has 3 heteroatoms. The summed E-state index contributed by atoms with van der Waals surface area (Å²) < 4.78 is 0. The Bertz CT molecular complexity index is 301. The van der Waals surface area contributed by atoms with E-state index in [-0.39, 0.29) is 0 Å². The number of hydrogen-bond donors (Lipinski definition) is 2. The standard InChI is InChI=1S/C10H13N3/c1-2-3-4-7-12-10-9(11)6-5-8-13-10/h1,5-6,8H,3-4,7,11H2,(H,12,13). The van der Waals surface area contributed by atoms with Crippen LogP contribution in [0.4, 0.5) is 11.5 Å². The summed E-state index contributed by atoms with van der Waals surface area (Å²) in [5, 5.41) is 3.12. The Balaban J connectivity index is 2.37. The van der Waals surface area contributed by atoms with E-state index in [4.69, 9.17) is 12.2 Å². The maximum Gasteiger partial charge on any atom is 0.149 e. The summed E-state index contributed by atoms with van der Waals surface area (Å²) in [6.07, 6.45) is 8.54. The highest BCUT2D eigenvalue weighted by Crippen LogP contribution is 2.12. The van der Waals surface area contributed by atoms with Crippen LogP contribution in [0.25, 0.3) is 0 Å². The van der Waals surface area contributed by atoms with Crippen molar-refractivity contribution in [2.24, 2.45) is 0 Å². The molecule has 13 heavy (non-hydrogen) atoms. The van der Waals surface area contributed by atoms with Crippen LogP contribution in [0.15, 0.2) is 18.3 Å². The fourth-order valence-corrected chi connectivity index (χ4v) is 0.963. The molecule has 0 spiro atoms. The molecule has 0 atom stereocenters. The number of unbranched alkanes of at least 4 members (excludes halogenated alkanes) is 1. The first-order chi connectivity index (χ1) is 6.34. The quantitative estimate of drug-likeness (QED) is 0.538. The molecule has 0 saturated carbocycles. The van der Waals surface area contributed by atoms with E-state index in [1.807, 2.05) is 12.1 Å². The lowest BCUT2D eigenvalue weighted by atomic mass is 10.3. The monoisotopic (exact) mass is 175 g/mol. The van der Waals surface area contributed by atoms with E-state index in [1.54, 1.807) is 6.20 Å². The predicted molar refractivity (Wildman–Crippen MR) is 55.2 cm³/mol. The molecular weight excluding hydrogens is 162 g/mol. The van der Waals surface area contributed by atoms with Gasteiger partial charge >= 0.3 is 0 Å². The number of nitrogens with two attached hydrogens (primary N) is 1. The summed E-state index contributed by atoms with van der Waals surface area (Å²) in [6.45, 7) is 0.811. The highest BCUT2D eigenvalue weighted by atomic mass is 15.0. The molecule has 0 aliphatic heterocycles. The highest BCUT2D eigenvalue weighted by molar-refractivity contribution is 5.60. The topological polar surface area (TPSA) is 50.9 Å². The molecule has 3 nitrogen and oxygen atoms in total. The van der Waals surface area contributed by atoms with Crippen LogP contribution in [0, 0.1) is 12.3 Å². The van der Waals surface area contributed by atoms with E-state index >= 15 is 0 Å². The van der Waals surface area contributed by atoms with Crippen LogP contribution in [-0.4, -0.2) is 11.5 Å². The predicted octanol–water partition coefficient (Wildman–Crippen LogP) is 1.49. The molecule has 0 fully saturated rings. The van der Waals surface area contributed by atoms with Crippen molar-refractivity contribution in [3.8, 4) is 12.3 Å². The van der Waals surface area contributed by atoms with Gasteiger partial charge in [-0.3, -0.25) is 0 Å². The van der Waals surface area contributed by atoms with Gasteiger partial charge in [0.15, 0.2) is 0 Å². The molecule has 0 unspecified atom stereocenters. The molecule has 1 heterocycles. The maximum atomic E-state index is 5.67. The van der Waals surface area contributed by atoms with Crippen molar-refractivity contribution < 1.29 is 0 Å². The fraction of sp³-hybridized carbons (Fsp3) is 0.300. The molecule has 0 bridgehead atoms. The van der Waals surface area contributed by atoms with Crippen LogP contribution in [0.1, 0.15) is 12.8 Å². The third kappa shape index (κ3) is 3.04. The molecule has 3 N–H and O–H groups in total. The minimum absolute atomic E-state index is 0.670. The maximum absolute atomic E-state index is 5.67. The second-order valence-corrected chi connectivity index (χ2v) is 2.68. The lowest BCUT2D eigenvalue weighted by Crippen LogP contribution is -2.05. The third-order valence-corrected chi connectivity index (χ3v) is 1.63. The molecule has 0 aliphatic carbocycles. The zero-order valence-electron chi connectivity index (χ0n) is 7.46. The SMILES string of the molecule is C#CCCCNc1ncccc1N. The van der Waals surface area contributed by atoms with Gasteiger partial charge in [0.05, 0.1) is 5.69 Å². The van der Waals surface area contributed by atoms with Crippen LogP contribution in [0.5, 0.6) is 0 Å². The van der Waals surface area contributed by atoms with Crippen molar-refractivity contribution >= 4 is 11.5 Å². The lowest BCUT2D eigenvalue weighted by Gasteiger charge is -2.05. The average Bonchev–Trinajstić information content (AvgIpc) is 2.15. The van der Waals surface area contributed by atoms with Crippen molar-refractivity contribution in [3.63, 3.8) is 0 Å². The summed E-state index contributed by atoms with van der Waals surface area (Å²) in [6, 6.07) is 3.62. The number of nitrogen functional groups attached to an aromatic ring is 1. The molecular formula is C10H13N3. The van der Waals surface area contributed by atoms with Gasteiger partial charge < -0.3 is 11.1 Å². The number of anilines is 2. The number of nitrogens with zero attached hydrogens (tertiary/aromatic N) is 1. The van der Waals surface area contributed by atoms with E-state index in [0.29, 0.717) is 5.69 Å². The largest absolute Gasteiger partial charge is 0.396 e. The molecule has 0 radical (unpaired) electrons. The van der Waals surface area contributed by atoms with Crippen molar-refractivity contribution in [1.82, 2.24) is 4.98 Å². The Labute approximate surface area is 78.4 Å². The average molecular weight is 175 g/mol. The van der Waals surface area contributed by atoms with E-state index in [1.165, 1.54) is 0 Å². The first-order valence-corrected chi connectivity index (χ1v) is 4.22. The number of aromatic nitrogens is 1. The normalized spacial score (nSPS) is 9.15. The summed E-state index contributed by atoms with van der Waals surface area (Å²) in [7, 11) is 0. The number of pyridine rings is 1. The van der Waals surface area contributed by atoms with Crippen LogP contribution < -0.4 is 11.1 Å². The summed E-state index contributed by atoms with van der Waals surface area (Å²) in [4.78, 5) is 4.09. The molecule has 0 saturated heterocycles. The van der Waals surface area contributed by atoms with Gasteiger partial charge in [-0.25, -0.2) is 4.98 Å². The van der Waals surface area contributed by atoms with Crippen molar-refractivity contribution in [2.45, 2.75) is 12.8 Å². The summed E-state index contributed by atoms with van der Waals surface area (Å²) in [5.41, 5.74) is 6.34. The third-order valence-electron chi connectivity index (χ3n) is 1.63. The summed E-state index contributed by atoms with van der Waals surface area (Å²) in [5.74, 6) is 3.31. The van der Waals surface area contributed by atoms with Gasteiger partial charge in [0.1, 0.15) is 5.82 Å². The Morgan fingerprint density at radius 1 is 1.62 bits per heavy atom. The zero-order chi connectivity index (χ0) is 9.52. The first-order valence-electron chi connectivity index (χ1n) is 4.22. The van der Waals surface area contributed by atoms with Gasteiger partial charge in [-0.2, -0.15) is 0 Å². The Kier molecular flexibility index (Phi) is 3.65. The van der Waals surface area contributed by atoms with E-state index in [2.05, 4.69) is 16.2 Å². The first kappa shape index (κ1) is 9.40. The van der Waals surface area contributed by atoms with Gasteiger partial charge in [-0.15, -0.1) is 12.3 Å². The Morgan fingerprint density at radius 2 is 2.46 bits per heavy atom. The van der Waals surface area contributed by atoms with Crippen LogP contribution >= 0.6 is 0 Å². The van der Waals surface area contributed by atoms with Crippen molar-refractivity contribution in [3.05, 3.63) is 18.3 Å². The number of terminal acetylenes is 1. The Morgan fingerprint density at radius 3 is 3.15 bits per heavy atom. The molecule has 0 aliphatic rings. The van der Waals surface area contributed by atoms with Crippen LogP contribution in [0.3, 0.4) is 0 Å². The van der Waals surface area contributed by atoms with E-state index in [9.17, 15) is 0 Å². The minimum atomic E-state index is 0.670. The number of hydrogen-bond acceptors (Lipinski definition) is 3. The van der Waals surface area contributed by atoms with Crippen LogP contribution in [0.2, 0.25) is 0 Å². The van der Waals surface area contributed by atoms with Gasteiger partial charge in [-0.1, -0.05) is 0 Å². The van der Waals surface area contributed by atoms with Crippen molar-refractivity contribution in [2.75, 3.05) is 17.6 Å². The van der Waals surface area contributed by atoms with Gasteiger partial charge in [0.25, 0.3) is 0 Å². The van der Waals surface area contributed by atoms with Gasteiger partial charge in [0, 0.05) is 19.2 Å². The fourth-order valence-electron chi connectivity index (χ4n) is 0.963. The molecule has 68 valence electrons. The number of rotatable bonds is 4. The lowest BCUT2D eigenvalue weighted by molar-refractivity contribution is 0.902. The van der Waals surface area contributed by atoms with Gasteiger partial charge in [0.2, 0.25) is 0 Å². The van der Waals surface area contributed by atoms with Crippen LogP contribution in [-0.2, 0) is 0 Å². The molecule has 1 rings (SSSR count). The minimum Gasteiger partial charge on any atom is -0.396 e. The molecule has 1 aromatic heterocycles. The van der Waals surface area contributed by atoms with Crippen molar-refractivity contribution in [1.29, 1.82) is 0 Å². The molecule has 0 aromatic carbocycles. The highest BCUT2D eigenvalue weighted by Gasteiger charge is 1.96. The molecule has 0 amide bonds. The zero-order valence-corrected chi connectivity index (χ0v) is 7.46. The number of nitrogens with one attached hydrogen (secondary N) is 1. The molecule has 1 aromatic rings. The van der Waals surface area contributed by atoms with E-state index < -0.39 is 0 Å². The second kappa shape index (κ2) is 5.04.